The minimum atomic E-state index is -4.92. The van der Waals surface area contributed by atoms with E-state index >= 15 is 0 Å². The first-order valence-corrected chi connectivity index (χ1v) is 13.1. The zero-order valence-corrected chi connectivity index (χ0v) is 22.1. The number of rotatable bonds is 5. The van der Waals surface area contributed by atoms with Crippen molar-refractivity contribution >= 4 is 47.4 Å². The van der Waals surface area contributed by atoms with E-state index in [1.54, 1.807) is 47.2 Å². The van der Waals surface area contributed by atoms with Crippen LogP contribution in [0.3, 0.4) is 0 Å². The number of thiophene rings is 1. The second-order valence-electron chi connectivity index (χ2n) is 8.72. The van der Waals surface area contributed by atoms with Crippen LogP contribution in [0.15, 0.2) is 77.5 Å². The predicted octanol–water partition coefficient (Wildman–Crippen LogP) is 7.42. The molecule has 2 unspecified atom stereocenters. The zero-order chi connectivity index (χ0) is 27.9. The number of alkyl halides is 3. The fourth-order valence-corrected chi connectivity index (χ4v) is 5.94. The highest BCUT2D eigenvalue weighted by Gasteiger charge is 2.53. The van der Waals surface area contributed by atoms with Crippen LogP contribution in [0.2, 0.25) is 5.02 Å². The monoisotopic (exact) mass is 592 g/mol. The molecule has 3 heterocycles. The van der Waals surface area contributed by atoms with E-state index in [4.69, 9.17) is 16.3 Å². The van der Waals surface area contributed by atoms with E-state index in [0.717, 1.165) is 10.4 Å². The number of piperidine rings is 1. The fraction of sp³-hybridized carbons (Fsp3) is 0.148. The van der Waals surface area contributed by atoms with Crippen molar-refractivity contribution in [3.05, 3.63) is 111 Å². The Hall–Kier alpha value is -3.41. The minimum absolute atomic E-state index is 0.128. The van der Waals surface area contributed by atoms with Crippen molar-refractivity contribution in [1.82, 2.24) is 9.29 Å². The summed E-state index contributed by atoms with van der Waals surface area (Å²) >= 11 is 12.2. The smallest absolute Gasteiger partial charge is 0.419 e. The number of carbonyl (C=O) groups excluding carboxylic acids is 2. The van der Waals surface area contributed by atoms with E-state index in [2.05, 4.69) is 17.8 Å². The second kappa shape index (κ2) is 10.3. The maximum absolute atomic E-state index is 13.7. The van der Waals surface area contributed by atoms with E-state index in [-0.39, 0.29) is 28.8 Å². The van der Waals surface area contributed by atoms with Crippen molar-refractivity contribution in [2.24, 2.45) is 0 Å². The van der Waals surface area contributed by atoms with Gasteiger partial charge in [-0.2, -0.15) is 24.5 Å². The summed E-state index contributed by atoms with van der Waals surface area (Å²) in [7, 11) is 0. The van der Waals surface area contributed by atoms with Crippen LogP contribution in [0.1, 0.15) is 34.7 Å². The Morgan fingerprint density at radius 1 is 1.08 bits per heavy atom. The number of halogens is 5. The Kier molecular flexibility index (Phi) is 7.17. The van der Waals surface area contributed by atoms with Crippen LogP contribution in [0.25, 0.3) is 0 Å². The lowest BCUT2D eigenvalue weighted by atomic mass is 9.75. The first kappa shape index (κ1) is 27.2. The van der Waals surface area contributed by atoms with Crippen molar-refractivity contribution in [3.63, 3.8) is 0 Å². The second-order valence-corrected chi connectivity index (χ2v) is 10.3. The number of ether oxygens (including phenoxy) is 1. The van der Waals surface area contributed by atoms with Gasteiger partial charge >= 0.3 is 6.18 Å². The summed E-state index contributed by atoms with van der Waals surface area (Å²) in [5.41, 5.74) is -1.82. The van der Waals surface area contributed by atoms with Crippen LogP contribution in [-0.2, 0) is 21.3 Å². The first-order valence-electron chi connectivity index (χ1n) is 11.4. The Balaban J connectivity index is 1.56. The molecule has 2 aromatic carbocycles. The molecule has 1 aliphatic heterocycles. The Morgan fingerprint density at radius 3 is 2.54 bits per heavy atom. The van der Waals surface area contributed by atoms with Crippen molar-refractivity contribution in [2.45, 2.75) is 24.1 Å². The predicted molar refractivity (Wildman–Crippen MR) is 140 cm³/mol. The molecule has 39 heavy (non-hydrogen) atoms. The highest BCUT2D eigenvalue weighted by molar-refractivity contribution is 7.78. The molecule has 0 bridgehead atoms. The molecule has 0 aliphatic carbocycles. The minimum Gasteiger partial charge on any atom is -0.439 e. The molecule has 5 nitrogen and oxygen atoms in total. The van der Waals surface area contributed by atoms with Gasteiger partial charge in [-0.3, -0.25) is 13.9 Å². The number of hydrogen-bond acceptors (Lipinski definition) is 6. The molecule has 0 saturated carbocycles. The summed E-state index contributed by atoms with van der Waals surface area (Å²) in [5, 5.41) is 3.79. The number of aromatic nitrogens is 1. The van der Waals surface area contributed by atoms with Crippen LogP contribution in [0.5, 0.6) is 11.6 Å². The van der Waals surface area contributed by atoms with Gasteiger partial charge in [0.15, 0.2) is 5.78 Å². The first-order chi connectivity index (χ1) is 18.5. The average molecular weight is 593 g/mol. The van der Waals surface area contributed by atoms with Gasteiger partial charge in [-0.15, -0.1) is 0 Å². The normalized spacial score (nSPS) is 19.8. The van der Waals surface area contributed by atoms with Gasteiger partial charge in [0.1, 0.15) is 23.0 Å². The third-order valence-electron chi connectivity index (χ3n) is 6.40. The quantitative estimate of drug-likeness (QED) is 0.149. The molecule has 0 N–H and O–H groups in total. The largest absolute Gasteiger partial charge is 0.439 e. The van der Waals surface area contributed by atoms with E-state index in [9.17, 15) is 27.2 Å². The Morgan fingerprint density at radius 2 is 1.85 bits per heavy atom. The van der Waals surface area contributed by atoms with Gasteiger partial charge in [0.2, 0.25) is 11.8 Å². The Labute approximate surface area is 234 Å². The number of nitrogens with zero attached hydrogens (tertiary/aromatic N) is 2. The molecule has 2 atom stereocenters. The van der Waals surface area contributed by atoms with E-state index < -0.39 is 40.7 Å². The topological polar surface area (TPSA) is 59.5 Å². The number of thiol groups is 1. The van der Waals surface area contributed by atoms with Gasteiger partial charge in [0.05, 0.1) is 11.3 Å². The summed E-state index contributed by atoms with van der Waals surface area (Å²) in [6, 6.07) is 15.0. The lowest BCUT2D eigenvalue weighted by molar-refractivity contribution is -0.143. The molecule has 2 aromatic heterocycles. The number of ketones is 1. The maximum atomic E-state index is 13.7. The highest BCUT2D eigenvalue weighted by atomic mass is 35.5. The number of pyridine rings is 1. The molecule has 1 fully saturated rings. The molecule has 0 spiro atoms. The number of carbonyl (C=O) groups is 2. The summed E-state index contributed by atoms with van der Waals surface area (Å²) in [5.74, 6) is -4.07. The third kappa shape index (κ3) is 4.90. The van der Waals surface area contributed by atoms with Crippen molar-refractivity contribution in [2.75, 3.05) is 0 Å². The van der Waals surface area contributed by atoms with Gasteiger partial charge in [-0.1, -0.05) is 48.7 Å². The van der Waals surface area contributed by atoms with E-state index in [1.165, 1.54) is 23.5 Å². The fourth-order valence-electron chi connectivity index (χ4n) is 4.57. The van der Waals surface area contributed by atoms with Crippen molar-refractivity contribution in [1.29, 1.82) is 0 Å². The molecule has 12 heteroatoms. The SMILES string of the molecule is O=C1CC(c2ccsc2)(c2cccc(Oc3ccc(F)c(C(F)(F)F)c3)n2)N(S)C(=O)C1c1ccccc1Cl. The molecule has 1 saturated heterocycles. The van der Waals surface area contributed by atoms with Gasteiger partial charge in [-0.25, -0.2) is 9.37 Å². The van der Waals surface area contributed by atoms with E-state index in [0.29, 0.717) is 23.3 Å². The standard InChI is InChI=1S/C27H17ClF4N2O3S2/c28-19-5-2-1-4-17(19)24-21(35)13-26(34(38)25(24)36,15-10-11-39-14-15)22-6-3-7-23(33-22)37-16-8-9-20(29)18(12-16)27(30,31)32/h1-12,14,24,38H,13H2. The summed E-state index contributed by atoms with van der Waals surface area (Å²) in [6.07, 6.45) is -5.13. The number of amides is 1. The van der Waals surface area contributed by atoms with Crippen LogP contribution in [-0.4, -0.2) is 21.0 Å². The number of hydrogen-bond donors (Lipinski definition) is 1. The van der Waals surface area contributed by atoms with Crippen LogP contribution < -0.4 is 4.74 Å². The molecule has 5 rings (SSSR count). The van der Waals surface area contributed by atoms with Crippen LogP contribution in [0.4, 0.5) is 17.6 Å². The molecule has 1 amide bonds. The average Bonchev–Trinajstić information content (AvgIpc) is 3.44. The molecule has 200 valence electrons. The number of benzene rings is 2. The molecule has 4 aromatic rings. The summed E-state index contributed by atoms with van der Waals surface area (Å²) in [6.45, 7) is 0. The van der Waals surface area contributed by atoms with Crippen LogP contribution in [0, 0.1) is 5.82 Å². The summed E-state index contributed by atoms with van der Waals surface area (Å²) < 4.78 is 60.0. The van der Waals surface area contributed by atoms with Crippen molar-refractivity contribution < 1.29 is 31.9 Å². The molecule has 1 aliphatic rings. The highest BCUT2D eigenvalue weighted by Crippen LogP contribution is 2.48. The van der Waals surface area contributed by atoms with Gasteiger partial charge in [0, 0.05) is 17.5 Å². The number of Topliss-reactive ketones (excluding diaryl/α,β-unsaturated/α-hetero) is 1. The van der Waals surface area contributed by atoms with Crippen LogP contribution >= 0.6 is 35.8 Å². The lowest BCUT2D eigenvalue weighted by Crippen LogP contribution is -2.54. The molecule has 0 radical (unpaired) electrons. The molecular weight excluding hydrogens is 576 g/mol. The maximum Gasteiger partial charge on any atom is 0.419 e. The van der Waals surface area contributed by atoms with Gasteiger partial charge in [-0.05, 0) is 58.3 Å². The van der Waals surface area contributed by atoms with Gasteiger partial charge < -0.3 is 4.74 Å². The van der Waals surface area contributed by atoms with Crippen molar-refractivity contribution in [3.8, 4) is 11.6 Å². The Bertz CT molecular complexity index is 1560. The zero-order valence-electron chi connectivity index (χ0n) is 19.7. The third-order valence-corrected chi connectivity index (χ3v) is 7.96. The van der Waals surface area contributed by atoms with E-state index in [1.807, 2.05) is 0 Å². The summed E-state index contributed by atoms with van der Waals surface area (Å²) in [4.78, 5) is 31.7. The van der Waals surface area contributed by atoms with Gasteiger partial charge in [0.25, 0.3) is 0 Å². The lowest BCUT2D eigenvalue weighted by Gasteiger charge is -2.45. The molecular formula is C27H17ClF4N2O3S2.